The molecule has 0 N–H and O–H groups in total. The summed E-state index contributed by atoms with van der Waals surface area (Å²) in [5.74, 6) is -4.66. The summed E-state index contributed by atoms with van der Waals surface area (Å²) < 4.78 is 74.8. The van der Waals surface area contributed by atoms with Crippen LogP contribution in [0.25, 0.3) is 0 Å². The first kappa shape index (κ1) is 21.4. The number of carbonyl (C=O) groups is 1. The molecule has 2 amide bonds. The summed E-state index contributed by atoms with van der Waals surface area (Å²) in [7, 11) is 0. The SMILES string of the molecule is O=C1N(C[C@]2(c3ccccc3F)CO2)CCN1c1ccc(OCC(F)(F)C(F)F)cc1. The molecule has 2 saturated heterocycles. The van der Waals surface area contributed by atoms with Crippen molar-refractivity contribution in [1.29, 1.82) is 0 Å². The lowest BCUT2D eigenvalue weighted by Gasteiger charge is -2.22. The number of nitrogens with zero attached hydrogens (tertiary/aromatic N) is 2. The van der Waals surface area contributed by atoms with Gasteiger partial charge in [0.25, 0.3) is 0 Å². The molecule has 0 unspecified atom stereocenters. The van der Waals surface area contributed by atoms with Crippen molar-refractivity contribution in [1.82, 2.24) is 4.90 Å². The molecule has 2 aromatic rings. The highest BCUT2D eigenvalue weighted by atomic mass is 19.3. The van der Waals surface area contributed by atoms with Crippen molar-refractivity contribution in [3.05, 3.63) is 59.9 Å². The Balaban J connectivity index is 1.39. The number of hydrogen-bond acceptors (Lipinski definition) is 3. The van der Waals surface area contributed by atoms with Crippen molar-refractivity contribution in [3.63, 3.8) is 0 Å². The van der Waals surface area contributed by atoms with E-state index in [-0.39, 0.29) is 18.3 Å². The number of alkyl halides is 4. The van der Waals surface area contributed by atoms with E-state index in [0.717, 1.165) is 0 Å². The van der Waals surface area contributed by atoms with Gasteiger partial charge in [-0.1, -0.05) is 18.2 Å². The van der Waals surface area contributed by atoms with Crippen molar-refractivity contribution in [3.8, 4) is 5.75 Å². The molecule has 0 saturated carbocycles. The van der Waals surface area contributed by atoms with Crippen LogP contribution in [0, 0.1) is 5.82 Å². The first-order valence-corrected chi connectivity index (χ1v) is 9.56. The molecule has 2 aliphatic heterocycles. The van der Waals surface area contributed by atoms with Crippen LogP contribution in [0.2, 0.25) is 0 Å². The van der Waals surface area contributed by atoms with Crippen molar-refractivity contribution < 1.29 is 36.2 Å². The van der Waals surface area contributed by atoms with Gasteiger partial charge in [0, 0.05) is 24.3 Å². The van der Waals surface area contributed by atoms with E-state index in [1.165, 1.54) is 35.2 Å². The molecule has 4 rings (SSSR count). The molecule has 5 nitrogen and oxygen atoms in total. The number of hydrogen-bond donors (Lipinski definition) is 0. The first-order valence-electron chi connectivity index (χ1n) is 9.56. The smallest absolute Gasteiger partial charge is 0.340 e. The minimum atomic E-state index is -4.25. The summed E-state index contributed by atoms with van der Waals surface area (Å²) in [6.07, 6.45) is -3.82. The van der Waals surface area contributed by atoms with E-state index in [0.29, 0.717) is 30.9 Å². The second-order valence-corrected chi connectivity index (χ2v) is 7.46. The second kappa shape index (κ2) is 7.99. The van der Waals surface area contributed by atoms with Crippen molar-refractivity contribution in [2.45, 2.75) is 17.9 Å². The summed E-state index contributed by atoms with van der Waals surface area (Å²) in [6.45, 7) is -0.161. The summed E-state index contributed by atoms with van der Waals surface area (Å²) in [5, 5.41) is 0. The molecule has 0 spiro atoms. The largest absolute Gasteiger partial charge is 0.487 e. The standard InChI is InChI=1S/C21H19F5N2O3/c22-17-4-2-1-3-16(17)20(12-31-20)11-27-9-10-28(19(27)29)14-5-7-15(8-6-14)30-13-21(25,26)18(23)24/h1-8,18H,9-13H2/t20-/m1/s1. The third-order valence-corrected chi connectivity index (χ3v) is 5.30. The van der Waals surface area contributed by atoms with Crippen LogP contribution in [0.3, 0.4) is 0 Å². The predicted molar refractivity (Wildman–Crippen MR) is 101 cm³/mol. The van der Waals surface area contributed by atoms with Crippen molar-refractivity contribution in [2.75, 3.05) is 37.7 Å². The molecule has 1 atom stereocenters. The van der Waals surface area contributed by atoms with Gasteiger partial charge in [0.2, 0.25) is 0 Å². The van der Waals surface area contributed by atoms with Gasteiger partial charge in [0.15, 0.2) is 6.61 Å². The van der Waals surface area contributed by atoms with Crippen LogP contribution in [0.15, 0.2) is 48.5 Å². The van der Waals surface area contributed by atoms with Gasteiger partial charge in [-0.2, -0.15) is 8.78 Å². The van der Waals surface area contributed by atoms with E-state index >= 15 is 0 Å². The molecule has 0 aromatic heterocycles. The van der Waals surface area contributed by atoms with Crippen molar-refractivity contribution in [2.24, 2.45) is 0 Å². The number of amides is 2. The molecule has 0 radical (unpaired) electrons. The monoisotopic (exact) mass is 442 g/mol. The Labute approximate surface area is 174 Å². The van der Waals surface area contributed by atoms with Crippen LogP contribution in [0.4, 0.5) is 32.4 Å². The number of halogens is 5. The molecule has 2 aliphatic rings. The summed E-state index contributed by atoms with van der Waals surface area (Å²) >= 11 is 0. The fourth-order valence-corrected chi connectivity index (χ4v) is 3.49. The molecule has 2 heterocycles. The first-order chi connectivity index (χ1) is 14.7. The Morgan fingerprint density at radius 1 is 1.10 bits per heavy atom. The summed E-state index contributed by atoms with van der Waals surface area (Å²) in [5.41, 5.74) is 0.0467. The molecular formula is C21H19F5N2O3. The summed E-state index contributed by atoms with van der Waals surface area (Å²) in [4.78, 5) is 15.9. The topological polar surface area (TPSA) is 45.3 Å². The zero-order chi connectivity index (χ0) is 22.2. The summed E-state index contributed by atoms with van der Waals surface area (Å²) in [6, 6.07) is 11.6. The third kappa shape index (κ3) is 4.30. The maximum absolute atomic E-state index is 14.2. The Bertz CT molecular complexity index is 950. The molecule has 2 fully saturated rings. The maximum atomic E-state index is 14.2. The minimum absolute atomic E-state index is 0.0162. The molecule has 31 heavy (non-hydrogen) atoms. The van der Waals surface area contributed by atoms with E-state index < -0.39 is 30.4 Å². The van der Waals surface area contributed by atoms with Gasteiger partial charge >= 0.3 is 18.4 Å². The fraction of sp³-hybridized carbons (Fsp3) is 0.381. The lowest BCUT2D eigenvalue weighted by molar-refractivity contribution is -0.148. The Kier molecular flexibility index (Phi) is 5.50. The van der Waals surface area contributed by atoms with E-state index in [9.17, 15) is 26.7 Å². The van der Waals surface area contributed by atoms with E-state index in [1.807, 2.05) is 0 Å². The molecule has 2 aromatic carbocycles. The highest BCUT2D eigenvalue weighted by molar-refractivity contribution is 5.94. The highest BCUT2D eigenvalue weighted by Gasteiger charge is 2.51. The van der Waals surface area contributed by atoms with Gasteiger partial charge in [0.05, 0.1) is 13.2 Å². The number of rotatable bonds is 8. The molecule has 0 bridgehead atoms. The van der Waals surface area contributed by atoms with Gasteiger partial charge in [-0.15, -0.1) is 0 Å². The minimum Gasteiger partial charge on any atom is -0.487 e. The van der Waals surface area contributed by atoms with Gasteiger partial charge in [-0.25, -0.2) is 18.0 Å². The number of benzene rings is 2. The van der Waals surface area contributed by atoms with Crippen LogP contribution in [-0.2, 0) is 10.3 Å². The number of anilines is 1. The predicted octanol–water partition coefficient (Wildman–Crippen LogP) is 4.27. The Morgan fingerprint density at radius 3 is 2.39 bits per heavy atom. The molecule has 0 aliphatic carbocycles. The average molecular weight is 442 g/mol. The zero-order valence-corrected chi connectivity index (χ0v) is 16.2. The van der Waals surface area contributed by atoms with Crippen LogP contribution >= 0.6 is 0 Å². The normalized spacial score (nSPS) is 21.2. The van der Waals surface area contributed by atoms with Crippen LogP contribution in [-0.4, -0.2) is 56.1 Å². The number of epoxide rings is 1. The average Bonchev–Trinajstić information content (AvgIpc) is 3.44. The van der Waals surface area contributed by atoms with Gasteiger partial charge in [0.1, 0.15) is 17.2 Å². The quantitative estimate of drug-likeness (QED) is 0.453. The fourth-order valence-electron chi connectivity index (χ4n) is 3.49. The van der Waals surface area contributed by atoms with E-state index in [4.69, 9.17) is 9.47 Å². The van der Waals surface area contributed by atoms with Crippen LogP contribution < -0.4 is 9.64 Å². The lowest BCUT2D eigenvalue weighted by Crippen LogP contribution is -2.38. The highest BCUT2D eigenvalue weighted by Crippen LogP contribution is 2.41. The Morgan fingerprint density at radius 2 is 1.77 bits per heavy atom. The zero-order valence-electron chi connectivity index (χ0n) is 16.2. The number of carbonyl (C=O) groups excluding carboxylic acids is 1. The van der Waals surface area contributed by atoms with Crippen LogP contribution in [0.1, 0.15) is 5.56 Å². The maximum Gasteiger partial charge on any atom is 0.340 e. The van der Waals surface area contributed by atoms with Gasteiger partial charge in [-0.3, -0.25) is 4.90 Å². The van der Waals surface area contributed by atoms with E-state index in [2.05, 4.69) is 0 Å². The number of urea groups is 1. The lowest BCUT2D eigenvalue weighted by atomic mass is 9.99. The molecule has 10 heteroatoms. The second-order valence-electron chi connectivity index (χ2n) is 7.46. The van der Waals surface area contributed by atoms with Crippen molar-refractivity contribution >= 4 is 11.7 Å². The van der Waals surface area contributed by atoms with Crippen LogP contribution in [0.5, 0.6) is 5.75 Å². The Hall–Kier alpha value is -2.88. The molecule has 166 valence electrons. The van der Waals surface area contributed by atoms with Gasteiger partial charge < -0.3 is 14.4 Å². The molecular weight excluding hydrogens is 423 g/mol. The van der Waals surface area contributed by atoms with E-state index in [1.54, 1.807) is 23.1 Å². The third-order valence-electron chi connectivity index (χ3n) is 5.30. The van der Waals surface area contributed by atoms with Gasteiger partial charge in [-0.05, 0) is 30.3 Å². The number of ether oxygens (including phenoxy) is 2.